The minimum Gasteiger partial charge on any atom is -0.464 e. The molecule has 0 spiro atoms. The average Bonchev–Trinajstić information content (AvgIpc) is 3.30. The van der Waals surface area contributed by atoms with Crippen molar-refractivity contribution < 1.29 is 13.9 Å². The number of carbonyl (C=O) groups is 1. The first kappa shape index (κ1) is 18.3. The number of benzene rings is 1. The van der Waals surface area contributed by atoms with Crippen molar-refractivity contribution >= 4 is 17.3 Å². The number of nitrogen functional groups attached to an aromatic ring is 1. The highest BCUT2D eigenvalue weighted by molar-refractivity contribution is 5.96. The monoisotopic (exact) mass is 383 g/mol. The van der Waals surface area contributed by atoms with Crippen LogP contribution in [0.4, 0.5) is 15.8 Å². The molecule has 1 atom stereocenters. The van der Waals surface area contributed by atoms with Gasteiger partial charge in [-0.3, -0.25) is 4.90 Å². The van der Waals surface area contributed by atoms with Gasteiger partial charge in [-0.1, -0.05) is 0 Å². The van der Waals surface area contributed by atoms with Gasteiger partial charge in [0.2, 0.25) is 0 Å². The van der Waals surface area contributed by atoms with E-state index in [-0.39, 0.29) is 22.8 Å². The third kappa shape index (κ3) is 2.98. The zero-order valence-electron chi connectivity index (χ0n) is 15.7. The van der Waals surface area contributed by atoms with Gasteiger partial charge in [-0.2, -0.15) is 5.26 Å². The second-order valence-corrected chi connectivity index (χ2v) is 7.19. The predicted octanol–water partition coefficient (Wildman–Crippen LogP) is 2.14. The van der Waals surface area contributed by atoms with Gasteiger partial charge in [0.05, 0.1) is 24.0 Å². The molecule has 0 aliphatic carbocycles. The molecular weight excluding hydrogens is 361 g/mol. The number of piperazine rings is 1. The summed E-state index contributed by atoms with van der Waals surface area (Å²) >= 11 is 0. The summed E-state index contributed by atoms with van der Waals surface area (Å²) in [4.78, 5) is 16.7. The Morgan fingerprint density at radius 1 is 1.36 bits per heavy atom. The first-order chi connectivity index (χ1) is 13.5. The van der Waals surface area contributed by atoms with Crippen LogP contribution in [0, 0.1) is 17.1 Å². The van der Waals surface area contributed by atoms with Gasteiger partial charge in [-0.15, -0.1) is 0 Å². The number of hydrogen-bond acceptors (Lipinski definition) is 6. The van der Waals surface area contributed by atoms with E-state index in [0.717, 1.165) is 32.6 Å². The maximum atomic E-state index is 15.0. The summed E-state index contributed by atoms with van der Waals surface area (Å²) in [7, 11) is 1.23. The molecule has 1 aromatic carbocycles. The molecule has 2 aromatic rings. The largest absolute Gasteiger partial charge is 0.464 e. The summed E-state index contributed by atoms with van der Waals surface area (Å²) in [6, 6.07) is 7.24. The fourth-order valence-corrected chi connectivity index (χ4v) is 4.23. The number of methoxy groups -OCH3 is 1. The number of hydrogen-bond donors (Lipinski definition) is 1. The minimum atomic E-state index is -0.680. The summed E-state index contributed by atoms with van der Waals surface area (Å²) in [6.07, 6.45) is 3.78. The van der Waals surface area contributed by atoms with Gasteiger partial charge in [0, 0.05) is 43.6 Å². The van der Waals surface area contributed by atoms with E-state index in [1.54, 1.807) is 12.1 Å². The molecular formula is C20H22FN5O2. The number of esters is 1. The molecule has 2 N–H and O–H groups in total. The standard InChI is InChI=1S/C20H22FN5O2/c1-28-20(27)19-18(23)13(10-22)11-26(19)14-4-5-17(16(21)9-14)25-8-7-24-6-2-3-15(24)12-25/h4-5,9,11,15H,2-3,6-8,12,23H2,1H3. The summed E-state index contributed by atoms with van der Waals surface area (Å²) in [5, 5.41) is 9.22. The van der Waals surface area contributed by atoms with Crippen LogP contribution in [0.3, 0.4) is 0 Å². The Labute approximate surface area is 162 Å². The Kier molecular flexibility index (Phi) is 4.69. The van der Waals surface area contributed by atoms with Crippen LogP contribution < -0.4 is 10.6 Å². The van der Waals surface area contributed by atoms with E-state index in [0.29, 0.717) is 17.4 Å². The molecule has 0 saturated carbocycles. The van der Waals surface area contributed by atoms with E-state index in [4.69, 9.17) is 10.5 Å². The molecule has 28 heavy (non-hydrogen) atoms. The van der Waals surface area contributed by atoms with Crippen molar-refractivity contribution in [3.8, 4) is 11.8 Å². The van der Waals surface area contributed by atoms with Crippen LogP contribution in [-0.4, -0.2) is 54.8 Å². The average molecular weight is 383 g/mol. The summed E-state index contributed by atoms with van der Waals surface area (Å²) in [5.41, 5.74) is 7.06. The number of nitrogens with two attached hydrogens (primary N) is 1. The van der Waals surface area contributed by atoms with Crippen LogP contribution in [0.5, 0.6) is 0 Å². The first-order valence-corrected chi connectivity index (χ1v) is 9.31. The third-order valence-corrected chi connectivity index (χ3v) is 5.68. The maximum Gasteiger partial charge on any atom is 0.357 e. The number of nitrogens with zero attached hydrogens (tertiary/aromatic N) is 4. The van der Waals surface area contributed by atoms with Crippen LogP contribution in [0.1, 0.15) is 28.9 Å². The van der Waals surface area contributed by atoms with E-state index in [1.165, 1.54) is 30.4 Å². The van der Waals surface area contributed by atoms with E-state index >= 15 is 0 Å². The zero-order chi connectivity index (χ0) is 19.8. The van der Waals surface area contributed by atoms with Crippen LogP contribution in [0.15, 0.2) is 24.4 Å². The fourth-order valence-electron chi connectivity index (χ4n) is 4.23. The highest BCUT2D eigenvalue weighted by Crippen LogP contribution is 2.30. The van der Waals surface area contributed by atoms with Crippen LogP contribution in [0.2, 0.25) is 0 Å². The Bertz CT molecular complexity index is 964. The van der Waals surface area contributed by atoms with Crippen LogP contribution in [0.25, 0.3) is 5.69 Å². The molecule has 2 saturated heterocycles. The maximum absolute atomic E-state index is 15.0. The normalized spacial score (nSPS) is 19.3. The summed E-state index contributed by atoms with van der Waals surface area (Å²) in [5.74, 6) is -1.05. The van der Waals surface area contributed by atoms with Crippen molar-refractivity contribution in [3.05, 3.63) is 41.5 Å². The highest BCUT2D eigenvalue weighted by Gasteiger charge is 2.31. The van der Waals surface area contributed by atoms with Crippen molar-refractivity contribution in [2.45, 2.75) is 18.9 Å². The number of rotatable bonds is 3. The topological polar surface area (TPSA) is 87.5 Å². The molecule has 1 unspecified atom stereocenters. The quantitative estimate of drug-likeness (QED) is 0.817. The molecule has 7 nitrogen and oxygen atoms in total. The fraction of sp³-hybridized carbons (Fsp3) is 0.400. The minimum absolute atomic E-state index is 0.0192. The first-order valence-electron chi connectivity index (χ1n) is 9.31. The van der Waals surface area contributed by atoms with Crippen molar-refractivity contribution in [3.63, 3.8) is 0 Å². The summed E-state index contributed by atoms with van der Waals surface area (Å²) < 4.78 is 21.2. The van der Waals surface area contributed by atoms with Crippen molar-refractivity contribution in [1.82, 2.24) is 9.47 Å². The van der Waals surface area contributed by atoms with Gasteiger partial charge in [-0.25, -0.2) is 9.18 Å². The molecule has 1 aromatic heterocycles. The second kappa shape index (κ2) is 7.17. The van der Waals surface area contributed by atoms with Gasteiger partial charge in [0.1, 0.15) is 11.9 Å². The number of anilines is 2. The van der Waals surface area contributed by atoms with Crippen molar-refractivity contribution in [2.75, 3.05) is 43.9 Å². The second-order valence-electron chi connectivity index (χ2n) is 7.19. The van der Waals surface area contributed by atoms with E-state index in [2.05, 4.69) is 9.80 Å². The van der Waals surface area contributed by atoms with Crippen LogP contribution in [-0.2, 0) is 4.74 Å². The summed E-state index contributed by atoms with van der Waals surface area (Å²) in [6.45, 7) is 3.68. The van der Waals surface area contributed by atoms with E-state index in [1.807, 2.05) is 6.07 Å². The number of nitriles is 1. The molecule has 8 heteroatoms. The third-order valence-electron chi connectivity index (χ3n) is 5.68. The SMILES string of the molecule is COC(=O)c1c(N)c(C#N)cn1-c1ccc(N2CCN3CCCC3C2)c(F)c1. The van der Waals surface area contributed by atoms with Gasteiger partial charge in [0.15, 0.2) is 5.69 Å². The van der Waals surface area contributed by atoms with Crippen molar-refractivity contribution in [1.29, 1.82) is 5.26 Å². The molecule has 3 heterocycles. The molecule has 2 aliphatic rings. The molecule has 0 radical (unpaired) electrons. The molecule has 4 rings (SSSR count). The Morgan fingerprint density at radius 2 is 2.18 bits per heavy atom. The number of carbonyl (C=O) groups excluding carboxylic acids is 1. The number of aromatic nitrogens is 1. The molecule has 146 valence electrons. The van der Waals surface area contributed by atoms with Gasteiger partial charge in [0.25, 0.3) is 0 Å². The van der Waals surface area contributed by atoms with Crippen LogP contribution >= 0.6 is 0 Å². The molecule has 0 bridgehead atoms. The molecule has 2 fully saturated rings. The number of halogens is 1. The Morgan fingerprint density at radius 3 is 2.89 bits per heavy atom. The highest BCUT2D eigenvalue weighted by atomic mass is 19.1. The van der Waals surface area contributed by atoms with Gasteiger partial charge >= 0.3 is 5.97 Å². The molecule has 2 aliphatic heterocycles. The van der Waals surface area contributed by atoms with Gasteiger partial charge in [-0.05, 0) is 31.5 Å². The number of ether oxygens (including phenoxy) is 1. The number of fused-ring (bicyclic) bond motifs is 1. The smallest absolute Gasteiger partial charge is 0.357 e. The van der Waals surface area contributed by atoms with Gasteiger partial charge < -0.3 is 19.9 Å². The predicted molar refractivity (Wildman–Crippen MR) is 103 cm³/mol. The van der Waals surface area contributed by atoms with E-state index < -0.39 is 5.97 Å². The lowest BCUT2D eigenvalue weighted by Gasteiger charge is -2.39. The Hall–Kier alpha value is -3.05. The lowest BCUT2D eigenvalue weighted by molar-refractivity contribution is 0.0593. The Balaban J connectivity index is 1.67. The lowest BCUT2D eigenvalue weighted by atomic mass is 10.1. The molecule has 0 amide bonds. The lowest BCUT2D eigenvalue weighted by Crippen LogP contribution is -2.50. The van der Waals surface area contributed by atoms with E-state index in [9.17, 15) is 14.4 Å². The zero-order valence-corrected chi connectivity index (χ0v) is 15.7. The van der Waals surface area contributed by atoms with Crippen molar-refractivity contribution in [2.24, 2.45) is 0 Å².